The molecule has 0 radical (unpaired) electrons. The van der Waals surface area contributed by atoms with Crippen LogP contribution in [0.15, 0.2) is 66.7 Å². The zero-order valence-electron chi connectivity index (χ0n) is 14.5. The van der Waals surface area contributed by atoms with Gasteiger partial charge in [-0.1, -0.05) is 17.7 Å². The van der Waals surface area contributed by atoms with Crippen molar-refractivity contribution in [1.29, 1.82) is 0 Å². The Morgan fingerprint density at radius 2 is 1.63 bits per heavy atom. The summed E-state index contributed by atoms with van der Waals surface area (Å²) in [6.45, 7) is 0. The maximum atomic E-state index is 13.2. The van der Waals surface area contributed by atoms with Crippen molar-refractivity contribution in [1.82, 2.24) is 0 Å². The van der Waals surface area contributed by atoms with E-state index in [4.69, 9.17) is 22.1 Å². The summed E-state index contributed by atoms with van der Waals surface area (Å²) in [4.78, 5) is 25.4. The number of hydrogen-bond acceptors (Lipinski definition) is 5. The van der Waals surface area contributed by atoms with E-state index < -0.39 is 5.97 Å². The van der Waals surface area contributed by atoms with Crippen molar-refractivity contribution in [2.45, 2.75) is 0 Å². The first kappa shape index (κ1) is 18.5. The van der Waals surface area contributed by atoms with Crippen molar-refractivity contribution in [2.75, 3.05) is 18.2 Å². The third kappa shape index (κ3) is 4.10. The van der Waals surface area contributed by atoms with Crippen LogP contribution in [0.25, 0.3) is 0 Å². The molecule has 0 aliphatic rings. The number of nitrogens with two attached hydrogens (primary N) is 1. The molecule has 0 fully saturated rings. The zero-order valence-corrected chi connectivity index (χ0v) is 15.3. The van der Waals surface area contributed by atoms with Crippen LogP contribution in [0, 0.1) is 0 Å². The lowest BCUT2D eigenvalue weighted by molar-refractivity contribution is 0.0597. The Kier molecular flexibility index (Phi) is 5.43. The normalized spacial score (nSPS) is 10.3. The van der Waals surface area contributed by atoms with E-state index in [2.05, 4.69) is 5.32 Å². The summed E-state index contributed by atoms with van der Waals surface area (Å²) in [6.07, 6.45) is 0. The molecule has 5 nitrogen and oxygen atoms in total. The van der Waals surface area contributed by atoms with Gasteiger partial charge in [-0.05, 0) is 60.7 Å². The molecule has 0 spiro atoms. The smallest absolute Gasteiger partial charge is 0.338 e. The molecule has 3 aromatic rings. The molecule has 0 unspecified atom stereocenters. The van der Waals surface area contributed by atoms with E-state index in [1.165, 1.54) is 7.11 Å². The van der Waals surface area contributed by atoms with Gasteiger partial charge in [-0.2, -0.15) is 0 Å². The average Bonchev–Trinajstić information content (AvgIpc) is 2.69. The molecule has 0 heterocycles. The molecular weight excluding hydrogens is 364 g/mol. The molecule has 0 saturated heterocycles. The van der Waals surface area contributed by atoms with Crippen molar-refractivity contribution >= 4 is 40.4 Å². The first-order chi connectivity index (χ1) is 13.0. The zero-order chi connectivity index (χ0) is 19.4. The lowest BCUT2D eigenvalue weighted by Crippen LogP contribution is -2.14. The second-order valence-electron chi connectivity index (χ2n) is 5.80. The molecular formula is C21H17ClN2O3. The van der Waals surface area contributed by atoms with Crippen LogP contribution in [0.5, 0.6) is 0 Å². The quantitative estimate of drug-likeness (QED) is 0.381. The van der Waals surface area contributed by atoms with Gasteiger partial charge in [-0.25, -0.2) is 4.79 Å². The van der Waals surface area contributed by atoms with E-state index in [0.29, 0.717) is 22.0 Å². The van der Waals surface area contributed by atoms with Crippen LogP contribution in [0.2, 0.25) is 5.02 Å². The summed E-state index contributed by atoms with van der Waals surface area (Å²) in [5, 5.41) is 3.77. The summed E-state index contributed by atoms with van der Waals surface area (Å²) in [5.41, 5.74) is 8.29. The van der Waals surface area contributed by atoms with Crippen molar-refractivity contribution in [3.8, 4) is 0 Å². The molecule has 0 amide bonds. The van der Waals surface area contributed by atoms with Gasteiger partial charge >= 0.3 is 5.97 Å². The second-order valence-corrected chi connectivity index (χ2v) is 6.24. The Balaban J connectivity index is 2.10. The Bertz CT molecular complexity index is 983. The molecule has 0 bridgehead atoms. The highest BCUT2D eigenvalue weighted by Crippen LogP contribution is 2.28. The van der Waals surface area contributed by atoms with Gasteiger partial charge in [0.2, 0.25) is 0 Å². The van der Waals surface area contributed by atoms with Gasteiger partial charge in [0.25, 0.3) is 0 Å². The number of methoxy groups -OCH3 is 1. The molecule has 3 aromatic carbocycles. The van der Waals surface area contributed by atoms with Crippen LogP contribution in [-0.4, -0.2) is 18.9 Å². The Morgan fingerprint density at radius 1 is 0.963 bits per heavy atom. The predicted octanol–water partition coefficient (Wildman–Crippen LogP) is 4.68. The fourth-order valence-corrected chi connectivity index (χ4v) is 2.77. The number of anilines is 3. The van der Waals surface area contributed by atoms with Crippen LogP contribution in [0.1, 0.15) is 26.3 Å². The van der Waals surface area contributed by atoms with E-state index in [-0.39, 0.29) is 16.9 Å². The number of benzene rings is 3. The SMILES string of the molecule is COC(=O)c1cccc(Nc2ccc(Cl)cc2)c1C(=O)c1ccc(N)cc1. The summed E-state index contributed by atoms with van der Waals surface area (Å²) in [6, 6.07) is 18.5. The van der Waals surface area contributed by atoms with Crippen molar-refractivity contribution in [3.05, 3.63) is 88.4 Å². The average molecular weight is 381 g/mol. The molecule has 0 aliphatic carbocycles. The first-order valence-corrected chi connectivity index (χ1v) is 8.51. The van der Waals surface area contributed by atoms with Crippen LogP contribution < -0.4 is 11.1 Å². The molecule has 136 valence electrons. The number of nitrogens with one attached hydrogen (secondary N) is 1. The van der Waals surface area contributed by atoms with Gasteiger partial charge in [0.05, 0.1) is 23.9 Å². The van der Waals surface area contributed by atoms with Gasteiger partial charge in [-0.3, -0.25) is 4.79 Å². The fourth-order valence-electron chi connectivity index (χ4n) is 2.65. The second kappa shape index (κ2) is 7.93. The number of carbonyl (C=O) groups excluding carboxylic acids is 2. The van der Waals surface area contributed by atoms with Gasteiger partial charge in [0.1, 0.15) is 0 Å². The number of ether oxygens (including phenoxy) is 1. The number of halogens is 1. The summed E-state index contributed by atoms with van der Waals surface area (Å²) >= 11 is 5.92. The maximum Gasteiger partial charge on any atom is 0.338 e. The van der Waals surface area contributed by atoms with E-state index in [1.807, 2.05) is 0 Å². The fraction of sp³-hybridized carbons (Fsp3) is 0.0476. The van der Waals surface area contributed by atoms with Crippen LogP contribution in [0.3, 0.4) is 0 Å². The highest BCUT2D eigenvalue weighted by atomic mass is 35.5. The van der Waals surface area contributed by atoms with Gasteiger partial charge < -0.3 is 15.8 Å². The highest BCUT2D eigenvalue weighted by molar-refractivity contribution is 6.30. The van der Waals surface area contributed by atoms with Crippen LogP contribution in [-0.2, 0) is 4.74 Å². The lowest BCUT2D eigenvalue weighted by atomic mass is 9.96. The largest absolute Gasteiger partial charge is 0.465 e. The molecule has 27 heavy (non-hydrogen) atoms. The Hall–Kier alpha value is -3.31. The van der Waals surface area contributed by atoms with Crippen molar-refractivity contribution < 1.29 is 14.3 Å². The minimum absolute atomic E-state index is 0.179. The number of hydrogen-bond donors (Lipinski definition) is 2. The number of ketones is 1. The van der Waals surface area contributed by atoms with Crippen LogP contribution in [0.4, 0.5) is 17.1 Å². The van der Waals surface area contributed by atoms with E-state index in [1.54, 1.807) is 66.7 Å². The lowest BCUT2D eigenvalue weighted by Gasteiger charge is -2.15. The summed E-state index contributed by atoms with van der Waals surface area (Å²) in [5.74, 6) is -0.902. The standard InChI is InChI=1S/C21H17ClN2O3/c1-27-21(26)17-3-2-4-18(24-16-11-7-14(22)8-12-16)19(17)20(25)13-5-9-15(23)10-6-13/h2-12,24H,23H2,1H3. The molecule has 3 rings (SSSR count). The van der Waals surface area contributed by atoms with E-state index in [9.17, 15) is 9.59 Å². The molecule has 0 aliphatic heterocycles. The van der Waals surface area contributed by atoms with Crippen molar-refractivity contribution in [2.24, 2.45) is 0 Å². The molecule has 0 saturated carbocycles. The minimum atomic E-state index is -0.589. The van der Waals surface area contributed by atoms with Crippen LogP contribution >= 0.6 is 11.6 Å². The highest BCUT2D eigenvalue weighted by Gasteiger charge is 2.22. The maximum absolute atomic E-state index is 13.2. The van der Waals surface area contributed by atoms with Gasteiger partial charge in [0, 0.05) is 22.0 Å². The van der Waals surface area contributed by atoms with Crippen molar-refractivity contribution in [3.63, 3.8) is 0 Å². The number of carbonyl (C=O) groups is 2. The molecule has 0 atom stereocenters. The molecule has 3 N–H and O–H groups in total. The minimum Gasteiger partial charge on any atom is -0.465 e. The number of esters is 1. The Morgan fingerprint density at radius 3 is 2.26 bits per heavy atom. The molecule has 6 heteroatoms. The molecule has 0 aromatic heterocycles. The number of rotatable bonds is 5. The summed E-state index contributed by atoms with van der Waals surface area (Å²) in [7, 11) is 1.28. The van der Waals surface area contributed by atoms with Gasteiger partial charge in [-0.15, -0.1) is 0 Å². The van der Waals surface area contributed by atoms with E-state index >= 15 is 0 Å². The summed E-state index contributed by atoms with van der Waals surface area (Å²) < 4.78 is 4.85. The van der Waals surface area contributed by atoms with E-state index in [0.717, 1.165) is 5.69 Å². The Labute approximate surface area is 161 Å². The topological polar surface area (TPSA) is 81.4 Å². The van der Waals surface area contributed by atoms with Gasteiger partial charge in [0.15, 0.2) is 5.78 Å². The predicted molar refractivity (Wildman–Crippen MR) is 107 cm³/mol. The first-order valence-electron chi connectivity index (χ1n) is 8.14. The number of nitrogen functional groups attached to an aromatic ring is 1. The monoisotopic (exact) mass is 380 g/mol. The third-order valence-electron chi connectivity index (χ3n) is 3.99. The third-order valence-corrected chi connectivity index (χ3v) is 4.24.